The van der Waals surface area contributed by atoms with E-state index in [1.807, 2.05) is 31.0 Å². The molecule has 3 aromatic carbocycles. The summed E-state index contributed by atoms with van der Waals surface area (Å²) in [5, 5.41) is 20.1. The van der Waals surface area contributed by atoms with Gasteiger partial charge in [-0.05, 0) is 43.3 Å². The highest BCUT2D eigenvalue weighted by Gasteiger charge is 2.45. The van der Waals surface area contributed by atoms with Crippen molar-refractivity contribution in [3.05, 3.63) is 105 Å². The topological polar surface area (TPSA) is 123 Å². The number of nitrogens with one attached hydrogen (secondary N) is 1. The number of rotatable bonds is 10. The Morgan fingerprint density at radius 1 is 1.04 bits per heavy atom. The van der Waals surface area contributed by atoms with Gasteiger partial charge < -0.3 is 24.7 Å². The van der Waals surface area contributed by atoms with Crippen molar-refractivity contribution < 1.29 is 19.1 Å². The number of fused-ring (bicyclic) bond motifs is 1. The lowest BCUT2D eigenvalue weighted by molar-refractivity contribution is -0.139. The summed E-state index contributed by atoms with van der Waals surface area (Å²) in [5.41, 5.74) is 2.14. The van der Waals surface area contributed by atoms with Crippen molar-refractivity contribution in [1.82, 2.24) is 19.4 Å². The summed E-state index contributed by atoms with van der Waals surface area (Å²) < 4.78 is 16.9. The molecule has 0 spiro atoms. The molecule has 1 saturated heterocycles. The van der Waals surface area contributed by atoms with Gasteiger partial charge in [-0.2, -0.15) is 5.10 Å². The Morgan fingerprint density at radius 3 is 2.51 bits per heavy atom. The van der Waals surface area contributed by atoms with Crippen LogP contribution in [0.2, 0.25) is 0 Å². The molecule has 2 N–H and O–H groups in total. The molecule has 0 radical (unpaired) electrons. The number of hydrogen-bond acceptors (Lipinski definition) is 9. The van der Waals surface area contributed by atoms with E-state index in [1.165, 1.54) is 21.9 Å². The first kappa shape index (κ1) is 33.7. The molecule has 49 heavy (non-hydrogen) atoms. The van der Waals surface area contributed by atoms with E-state index in [2.05, 4.69) is 15.4 Å². The Balaban J connectivity index is 1.38. The van der Waals surface area contributed by atoms with Crippen LogP contribution >= 0.6 is 0 Å². The molecular weight excluding hydrogens is 625 g/mol. The van der Waals surface area contributed by atoms with Gasteiger partial charge in [0, 0.05) is 61.3 Å². The highest BCUT2D eigenvalue weighted by Crippen LogP contribution is 2.44. The number of piperazine rings is 1. The second kappa shape index (κ2) is 13.7. The number of carbonyl (C=O) groups is 2. The van der Waals surface area contributed by atoms with Crippen LogP contribution in [-0.2, 0) is 28.8 Å². The molecule has 6 rings (SSSR count). The van der Waals surface area contributed by atoms with E-state index in [4.69, 9.17) is 0 Å². The Labute approximate surface area is 284 Å². The van der Waals surface area contributed by atoms with Gasteiger partial charge in [0.25, 0.3) is 5.56 Å². The van der Waals surface area contributed by atoms with Crippen molar-refractivity contribution in [2.75, 3.05) is 37.5 Å². The third-order valence-corrected chi connectivity index (χ3v) is 9.49. The Hall–Kier alpha value is -5.20. The Morgan fingerprint density at radius 2 is 1.80 bits per heavy atom. The van der Waals surface area contributed by atoms with Gasteiger partial charge in [0.1, 0.15) is 17.4 Å². The molecule has 3 heterocycles. The number of hydrazone groups is 1. The summed E-state index contributed by atoms with van der Waals surface area (Å²) in [4.78, 5) is 47.6. The van der Waals surface area contributed by atoms with Crippen LogP contribution in [0.25, 0.3) is 11.3 Å². The van der Waals surface area contributed by atoms with Crippen molar-refractivity contribution in [3.8, 4) is 11.3 Å². The van der Waals surface area contributed by atoms with Crippen LogP contribution in [-0.4, -0.2) is 70.1 Å². The fourth-order valence-corrected chi connectivity index (χ4v) is 6.78. The van der Waals surface area contributed by atoms with Crippen LogP contribution in [0.1, 0.15) is 54.5 Å². The summed E-state index contributed by atoms with van der Waals surface area (Å²) in [6.07, 6.45) is 5.56. The molecule has 4 aromatic rings. The predicted molar refractivity (Wildman–Crippen MR) is 187 cm³/mol. The highest BCUT2D eigenvalue weighted by molar-refractivity contribution is 5.92. The number of carbonyl (C=O) groups excluding carboxylic acids is 2. The average Bonchev–Trinajstić information content (AvgIpc) is 3.11. The minimum atomic E-state index is -1.45. The molecule has 0 bridgehead atoms. The molecule has 254 valence electrons. The molecule has 2 unspecified atom stereocenters. The van der Waals surface area contributed by atoms with Crippen LogP contribution in [0.3, 0.4) is 0 Å². The quantitative estimate of drug-likeness (QED) is 0.234. The van der Waals surface area contributed by atoms with Crippen molar-refractivity contribution in [3.63, 3.8) is 0 Å². The first-order valence-electron chi connectivity index (χ1n) is 16.4. The van der Waals surface area contributed by atoms with Crippen LogP contribution in [0.4, 0.5) is 21.6 Å². The van der Waals surface area contributed by atoms with Crippen molar-refractivity contribution in [2.24, 2.45) is 12.1 Å². The van der Waals surface area contributed by atoms with E-state index in [0.29, 0.717) is 53.1 Å². The van der Waals surface area contributed by atoms with Gasteiger partial charge in [0.15, 0.2) is 12.1 Å². The van der Waals surface area contributed by atoms with Gasteiger partial charge >= 0.3 is 0 Å². The molecule has 2 aliphatic heterocycles. The van der Waals surface area contributed by atoms with Gasteiger partial charge in [-0.25, -0.2) is 14.4 Å². The number of aryl methyl sites for hydroxylation is 1. The van der Waals surface area contributed by atoms with Crippen LogP contribution in [0.15, 0.2) is 76.8 Å². The molecule has 0 aliphatic carbocycles. The van der Waals surface area contributed by atoms with Gasteiger partial charge in [-0.1, -0.05) is 56.2 Å². The fraction of sp³-hybridized carbons (Fsp3) is 0.324. The number of anilines is 3. The molecule has 2 aliphatic rings. The Bertz CT molecular complexity index is 1980. The molecular formula is C37H40FN7O4. The molecule has 1 aromatic heterocycles. The minimum Gasteiger partial charge on any atom is -0.392 e. The number of halogens is 1. The number of aliphatic hydroxyl groups excluding tert-OH is 1. The zero-order chi connectivity index (χ0) is 34.9. The molecule has 12 heteroatoms. The second-order valence-electron chi connectivity index (χ2n) is 12.6. The number of nitrogens with zero attached hydrogens (tertiary/aromatic N) is 6. The zero-order valence-electron chi connectivity index (χ0n) is 28.1. The third-order valence-electron chi connectivity index (χ3n) is 9.49. The smallest absolute Gasteiger partial charge is 0.293 e. The SMILES string of the molecule is CCCCC1(C=O)c2c(F)cccc2C=NN1c1cccc(-c2cn(C)c(=O)c(Nc3ccc(C4C(=O)N(C)CCN4C)cc3)n2)c1CO. The van der Waals surface area contributed by atoms with Crippen LogP contribution in [0.5, 0.6) is 0 Å². The average molecular weight is 666 g/mol. The normalized spacial score (nSPS) is 19.2. The standard InChI is InChI=1S/C37H40FN7O4/c1-5-6-17-37(23-47)32-25(9-7-11-29(32)38)20-39-45(37)31-12-8-10-27(28(31)22-46)30-21-44(4)36(49)34(41-30)40-26-15-13-24(14-16-26)33-35(48)43(3)19-18-42(33)2/h7-16,20-21,23,33,46H,5-6,17-19,22H2,1-4H3,(H,40,41). The van der Waals surface area contributed by atoms with Gasteiger partial charge in [-0.3, -0.25) is 14.5 Å². The monoisotopic (exact) mass is 665 g/mol. The summed E-state index contributed by atoms with van der Waals surface area (Å²) in [6, 6.07) is 16.9. The third kappa shape index (κ3) is 6.02. The number of aromatic nitrogens is 2. The van der Waals surface area contributed by atoms with Crippen LogP contribution < -0.4 is 15.9 Å². The summed E-state index contributed by atoms with van der Waals surface area (Å²) >= 11 is 0. The fourth-order valence-electron chi connectivity index (χ4n) is 6.78. The van der Waals surface area contributed by atoms with E-state index >= 15 is 4.39 Å². The number of hydrogen-bond donors (Lipinski definition) is 2. The number of aliphatic hydroxyl groups is 1. The molecule has 2 atom stereocenters. The van der Waals surface area contributed by atoms with Gasteiger partial charge in [0.05, 0.1) is 24.2 Å². The maximum atomic E-state index is 15.5. The zero-order valence-corrected chi connectivity index (χ0v) is 28.1. The molecule has 11 nitrogen and oxygen atoms in total. The van der Waals surface area contributed by atoms with E-state index < -0.39 is 18.0 Å². The Kier molecular flexibility index (Phi) is 9.44. The lowest BCUT2D eigenvalue weighted by atomic mass is 9.81. The lowest BCUT2D eigenvalue weighted by Crippen LogP contribution is -2.49. The predicted octanol–water partition coefficient (Wildman–Crippen LogP) is 4.71. The van der Waals surface area contributed by atoms with Crippen molar-refractivity contribution in [1.29, 1.82) is 0 Å². The van der Waals surface area contributed by atoms with Gasteiger partial charge in [-0.15, -0.1) is 0 Å². The second-order valence-corrected chi connectivity index (χ2v) is 12.6. The number of amides is 1. The number of benzene rings is 3. The number of likely N-dealkylation sites (N-methyl/N-ethyl adjacent to an activating group) is 2. The lowest BCUT2D eigenvalue weighted by Gasteiger charge is -2.42. The first-order chi connectivity index (χ1) is 23.6. The first-order valence-corrected chi connectivity index (χ1v) is 16.4. The summed E-state index contributed by atoms with van der Waals surface area (Å²) in [5.74, 6) is -0.420. The number of aldehydes is 1. The maximum Gasteiger partial charge on any atom is 0.293 e. The van der Waals surface area contributed by atoms with Crippen molar-refractivity contribution >= 4 is 35.6 Å². The van der Waals surface area contributed by atoms with Crippen LogP contribution in [0, 0.1) is 5.82 Å². The largest absolute Gasteiger partial charge is 0.392 e. The summed E-state index contributed by atoms with van der Waals surface area (Å²) in [7, 11) is 5.34. The minimum absolute atomic E-state index is 0.0277. The molecule has 1 fully saturated rings. The summed E-state index contributed by atoms with van der Waals surface area (Å²) in [6.45, 7) is 2.99. The maximum absolute atomic E-state index is 15.5. The molecule has 1 amide bonds. The van der Waals surface area contributed by atoms with E-state index in [9.17, 15) is 19.5 Å². The van der Waals surface area contributed by atoms with E-state index in [0.717, 1.165) is 24.8 Å². The van der Waals surface area contributed by atoms with Gasteiger partial charge in [0.2, 0.25) is 5.91 Å². The highest BCUT2D eigenvalue weighted by atomic mass is 19.1. The molecule has 0 saturated carbocycles. The van der Waals surface area contributed by atoms with Crippen molar-refractivity contribution in [2.45, 2.75) is 44.4 Å². The van der Waals surface area contributed by atoms with E-state index in [1.54, 1.807) is 67.7 Å². The number of unbranched alkanes of at least 4 members (excludes halogenated alkanes) is 1. The van der Waals surface area contributed by atoms with E-state index in [-0.39, 0.29) is 28.9 Å².